The second-order valence-corrected chi connectivity index (χ2v) is 6.50. The van der Waals surface area contributed by atoms with Crippen LogP contribution in [-0.4, -0.2) is 22.2 Å². The number of nitrogens with zero attached hydrogens (tertiary/aromatic N) is 2. The van der Waals surface area contributed by atoms with Gasteiger partial charge in [0.15, 0.2) is 0 Å². The Kier molecular flexibility index (Phi) is 5.17. The molecule has 0 heterocycles. The number of hydrogen-bond donors (Lipinski definition) is 2. The lowest BCUT2D eigenvalue weighted by Crippen LogP contribution is -2.19. The third-order valence-electron chi connectivity index (χ3n) is 3.61. The number of hydrazone groups is 1. The quantitative estimate of drug-likeness (QED) is 0.505. The minimum atomic E-state index is -0.699. The summed E-state index contributed by atoms with van der Waals surface area (Å²) in [6.07, 6.45) is 1.30. The molecule has 2 aromatic carbocycles. The van der Waals surface area contributed by atoms with E-state index in [0.29, 0.717) is 5.56 Å². The molecule has 0 bridgehead atoms. The first kappa shape index (κ1) is 18.1. The molecule has 0 aliphatic rings. The number of rotatable bonds is 4. The molecule has 7 heteroatoms. The van der Waals surface area contributed by atoms with E-state index in [1.165, 1.54) is 30.5 Å². The summed E-state index contributed by atoms with van der Waals surface area (Å²) in [5.41, 5.74) is 3.19. The van der Waals surface area contributed by atoms with Crippen LogP contribution < -0.4 is 5.43 Å². The largest absolute Gasteiger partial charge is 0.507 e. The molecule has 0 aliphatic carbocycles. The van der Waals surface area contributed by atoms with E-state index in [-0.39, 0.29) is 22.4 Å². The van der Waals surface area contributed by atoms with E-state index in [0.717, 1.165) is 5.56 Å². The van der Waals surface area contributed by atoms with Gasteiger partial charge in [0.1, 0.15) is 11.3 Å². The number of nitrogens with one attached hydrogen (secondary N) is 1. The van der Waals surface area contributed by atoms with E-state index in [1.807, 2.05) is 26.8 Å². The molecule has 0 aliphatic heterocycles. The van der Waals surface area contributed by atoms with Crippen LogP contribution in [0.1, 0.15) is 42.3 Å². The number of para-hydroxylation sites is 1. The summed E-state index contributed by atoms with van der Waals surface area (Å²) in [5, 5.41) is 24.7. The van der Waals surface area contributed by atoms with Crippen LogP contribution in [0.3, 0.4) is 0 Å². The first-order chi connectivity index (χ1) is 11.7. The summed E-state index contributed by atoms with van der Waals surface area (Å²) in [4.78, 5) is 22.4. The molecule has 0 unspecified atom stereocenters. The van der Waals surface area contributed by atoms with Crippen molar-refractivity contribution in [3.05, 3.63) is 69.3 Å². The topological polar surface area (TPSA) is 105 Å². The SMILES string of the molecule is CC(C)(C)c1ccc(O)c(/C=N\NC(=O)c2ccccc2[N+](=O)[O-])c1. The van der Waals surface area contributed by atoms with Gasteiger partial charge in [-0.05, 0) is 29.2 Å². The lowest BCUT2D eigenvalue weighted by molar-refractivity contribution is -0.385. The second-order valence-electron chi connectivity index (χ2n) is 6.50. The molecule has 25 heavy (non-hydrogen) atoms. The Labute approximate surface area is 145 Å². The Bertz CT molecular complexity index is 838. The van der Waals surface area contributed by atoms with Crippen LogP contribution in [0.5, 0.6) is 5.75 Å². The smallest absolute Gasteiger partial charge is 0.282 e. The van der Waals surface area contributed by atoms with Gasteiger partial charge in [-0.2, -0.15) is 5.10 Å². The molecule has 2 rings (SSSR count). The molecule has 0 spiro atoms. The summed E-state index contributed by atoms with van der Waals surface area (Å²) in [5.74, 6) is -0.674. The fraction of sp³-hybridized carbons (Fsp3) is 0.222. The third-order valence-corrected chi connectivity index (χ3v) is 3.61. The number of aromatic hydroxyl groups is 1. The first-order valence-corrected chi connectivity index (χ1v) is 7.60. The number of phenolic OH excluding ortho intramolecular Hbond substituents is 1. The predicted octanol–water partition coefficient (Wildman–Crippen LogP) is 3.36. The van der Waals surface area contributed by atoms with E-state index >= 15 is 0 Å². The standard InChI is InChI=1S/C18H19N3O4/c1-18(2,3)13-8-9-16(22)12(10-13)11-19-20-17(23)14-6-4-5-7-15(14)21(24)25/h4-11,22H,1-3H3,(H,20,23)/b19-11-. The Morgan fingerprint density at radius 2 is 1.92 bits per heavy atom. The molecule has 1 amide bonds. The van der Waals surface area contributed by atoms with Gasteiger partial charge in [-0.1, -0.05) is 39.0 Å². The van der Waals surface area contributed by atoms with E-state index in [9.17, 15) is 20.0 Å². The highest BCUT2D eigenvalue weighted by Gasteiger charge is 2.19. The summed E-state index contributed by atoms with van der Waals surface area (Å²) in [6, 6.07) is 10.8. The molecule has 0 aromatic heterocycles. The molecule has 0 radical (unpaired) electrons. The lowest BCUT2D eigenvalue weighted by Gasteiger charge is -2.19. The average molecular weight is 341 g/mol. The number of nitro benzene ring substituents is 1. The summed E-state index contributed by atoms with van der Waals surface area (Å²) >= 11 is 0. The van der Waals surface area contributed by atoms with Crippen LogP contribution in [0, 0.1) is 10.1 Å². The maximum absolute atomic E-state index is 12.1. The van der Waals surface area contributed by atoms with Gasteiger partial charge in [-0.3, -0.25) is 14.9 Å². The second kappa shape index (κ2) is 7.12. The summed E-state index contributed by atoms with van der Waals surface area (Å²) in [6.45, 7) is 6.11. The van der Waals surface area contributed by atoms with Gasteiger partial charge in [0.2, 0.25) is 0 Å². The zero-order chi connectivity index (χ0) is 18.6. The van der Waals surface area contributed by atoms with Crippen molar-refractivity contribution < 1.29 is 14.8 Å². The highest BCUT2D eigenvalue weighted by atomic mass is 16.6. The zero-order valence-corrected chi connectivity index (χ0v) is 14.2. The number of hydrogen-bond acceptors (Lipinski definition) is 5. The number of nitro groups is 1. The molecular formula is C18H19N3O4. The van der Waals surface area contributed by atoms with Crippen molar-refractivity contribution in [1.29, 1.82) is 0 Å². The Balaban J connectivity index is 2.19. The Hall–Kier alpha value is -3.22. The lowest BCUT2D eigenvalue weighted by atomic mass is 9.86. The number of benzene rings is 2. The van der Waals surface area contributed by atoms with E-state index in [1.54, 1.807) is 12.1 Å². The van der Waals surface area contributed by atoms with E-state index in [2.05, 4.69) is 10.5 Å². The normalized spacial score (nSPS) is 11.5. The molecule has 7 nitrogen and oxygen atoms in total. The number of phenols is 1. The molecule has 130 valence electrons. The minimum absolute atomic E-state index is 0.0247. The zero-order valence-electron chi connectivity index (χ0n) is 14.2. The van der Waals surface area contributed by atoms with Gasteiger partial charge in [-0.15, -0.1) is 0 Å². The molecule has 2 N–H and O–H groups in total. The average Bonchev–Trinajstić information content (AvgIpc) is 2.55. The van der Waals surface area contributed by atoms with Crippen LogP contribution >= 0.6 is 0 Å². The predicted molar refractivity (Wildman–Crippen MR) is 95.0 cm³/mol. The van der Waals surface area contributed by atoms with Crippen molar-refractivity contribution in [3.8, 4) is 5.75 Å². The van der Waals surface area contributed by atoms with Crippen molar-refractivity contribution in [1.82, 2.24) is 5.43 Å². The molecular weight excluding hydrogens is 322 g/mol. The highest BCUT2D eigenvalue weighted by Crippen LogP contribution is 2.26. The third kappa shape index (κ3) is 4.41. The summed E-state index contributed by atoms with van der Waals surface area (Å²) in [7, 11) is 0. The van der Waals surface area contributed by atoms with Crippen molar-refractivity contribution >= 4 is 17.8 Å². The van der Waals surface area contributed by atoms with Crippen molar-refractivity contribution in [2.75, 3.05) is 0 Å². The molecule has 0 atom stereocenters. The van der Waals surface area contributed by atoms with Crippen LogP contribution in [0.25, 0.3) is 0 Å². The maximum Gasteiger partial charge on any atom is 0.282 e. The van der Waals surface area contributed by atoms with Crippen molar-refractivity contribution in [3.63, 3.8) is 0 Å². The number of carbonyl (C=O) groups excluding carboxylic acids is 1. The fourth-order valence-electron chi connectivity index (χ4n) is 2.17. The molecule has 0 saturated carbocycles. The van der Waals surface area contributed by atoms with E-state index < -0.39 is 10.8 Å². The minimum Gasteiger partial charge on any atom is -0.507 e. The van der Waals surface area contributed by atoms with E-state index in [4.69, 9.17) is 0 Å². The Morgan fingerprint density at radius 3 is 2.56 bits per heavy atom. The van der Waals surface area contributed by atoms with Crippen LogP contribution in [-0.2, 0) is 5.41 Å². The Morgan fingerprint density at radius 1 is 1.24 bits per heavy atom. The highest BCUT2D eigenvalue weighted by molar-refractivity contribution is 5.98. The molecule has 0 saturated heterocycles. The monoisotopic (exact) mass is 341 g/mol. The van der Waals surface area contributed by atoms with Crippen LogP contribution in [0.15, 0.2) is 47.6 Å². The van der Waals surface area contributed by atoms with Crippen LogP contribution in [0.4, 0.5) is 5.69 Å². The molecule has 0 fully saturated rings. The number of carbonyl (C=O) groups is 1. The van der Waals surface area contributed by atoms with Gasteiger partial charge >= 0.3 is 0 Å². The van der Waals surface area contributed by atoms with Gasteiger partial charge in [0.25, 0.3) is 11.6 Å². The fourth-order valence-corrected chi connectivity index (χ4v) is 2.17. The number of amides is 1. The van der Waals surface area contributed by atoms with Gasteiger partial charge < -0.3 is 5.11 Å². The van der Waals surface area contributed by atoms with Crippen LogP contribution in [0.2, 0.25) is 0 Å². The van der Waals surface area contributed by atoms with Crippen molar-refractivity contribution in [2.24, 2.45) is 5.10 Å². The van der Waals surface area contributed by atoms with Crippen molar-refractivity contribution in [2.45, 2.75) is 26.2 Å². The van der Waals surface area contributed by atoms with Gasteiger partial charge in [-0.25, -0.2) is 5.43 Å². The van der Waals surface area contributed by atoms with Gasteiger partial charge in [0, 0.05) is 11.6 Å². The molecule has 2 aromatic rings. The maximum atomic E-state index is 12.1. The van der Waals surface area contributed by atoms with Gasteiger partial charge in [0.05, 0.1) is 11.1 Å². The first-order valence-electron chi connectivity index (χ1n) is 7.60. The summed E-state index contributed by atoms with van der Waals surface area (Å²) < 4.78 is 0.